The first-order valence-corrected chi connectivity index (χ1v) is 16.0. The van der Waals surface area contributed by atoms with Crippen molar-refractivity contribution in [3.63, 3.8) is 0 Å². The smallest absolute Gasteiger partial charge is 0.224 e. The summed E-state index contributed by atoms with van der Waals surface area (Å²) >= 11 is 0. The standard InChI is InChI=1S/C32H45N3O5S/c1-22(2)15-30(35-32(38)29(16-23(3)36)18-25-7-11-27(21-34)12-8-25)31(37)19-28(13-14-41(4,39)40)17-24-5-9-26(20-33)10-6-24/h5-14,22,28-30H,15-21,33-34H2,1-4H3,(H,35,38)/b14-13+/t28-,29+,30+/m1/s1. The number of rotatable bonds is 17. The quantitative estimate of drug-likeness (QED) is 0.257. The fourth-order valence-corrected chi connectivity index (χ4v) is 5.22. The van der Waals surface area contributed by atoms with Crippen LogP contribution in [0, 0.1) is 17.8 Å². The maximum atomic E-state index is 13.6. The molecule has 41 heavy (non-hydrogen) atoms. The average molecular weight is 584 g/mol. The van der Waals surface area contributed by atoms with Gasteiger partial charge in [0.15, 0.2) is 15.6 Å². The number of carbonyl (C=O) groups excluding carboxylic acids is 3. The van der Waals surface area contributed by atoms with Crippen LogP contribution in [0.1, 0.15) is 62.3 Å². The molecule has 0 unspecified atom stereocenters. The number of Topliss-reactive ketones (excluding diaryl/α,β-unsaturated/α-hetero) is 2. The molecule has 1 amide bonds. The topological polar surface area (TPSA) is 149 Å². The fourth-order valence-electron chi connectivity index (χ4n) is 4.71. The predicted molar refractivity (Wildman–Crippen MR) is 163 cm³/mol. The highest BCUT2D eigenvalue weighted by molar-refractivity contribution is 7.93. The zero-order valence-electron chi connectivity index (χ0n) is 24.6. The van der Waals surface area contributed by atoms with Gasteiger partial charge in [-0.15, -0.1) is 0 Å². The lowest BCUT2D eigenvalue weighted by atomic mass is 9.88. The summed E-state index contributed by atoms with van der Waals surface area (Å²) in [5, 5.41) is 4.07. The van der Waals surface area contributed by atoms with Gasteiger partial charge in [-0.1, -0.05) is 68.5 Å². The number of allylic oxidation sites excluding steroid dienone is 1. The molecule has 0 saturated carbocycles. The van der Waals surface area contributed by atoms with E-state index >= 15 is 0 Å². The first kappa shape index (κ1) is 34.1. The molecule has 2 aromatic carbocycles. The van der Waals surface area contributed by atoms with Crippen molar-refractivity contribution in [3.8, 4) is 0 Å². The van der Waals surface area contributed by atoms with Crippen molar-refractivity contribution < 1.29 is 22.8 Å². The number of sulfone groups is 1. The van der Waals surface area contributed by atoms with Gasteiger partial charge in [-0.25, -0.2) is 8.42 Å². The lowest BCUT2D eigenvalue weighted by Gasteiger charge is -2.24. The SMILES string of the molecule is CC(=O)C[C@@H](Cc1ccc(CN)cc1)C(=O)N[C@@H](CC(C)C)C(=O)C[C@H](/C=C/S(C)(=O)=O)Cc1ccc(CN)cc1. The average Bonchev–Trinajstić information content (AvgIpc) is 2.90. The Morgan fingerprint density at radius 3 is 1.76 bits per heavy atom. The van der Waals surface area contributed by atoms with Gasteiger partial charge in [-0.2, -0.15) is 0 Å². The Hall–Kier alpha value is -3.14. The predicted octanol–water partition coefficient (Wildman–Crippen LogP) is 3.65. The number of hydrogen-bond acceptors (Lipinski definition) is 7. The zero-order valence-corrected chi connectivity index (χ0v) is 25.5. The first-order valence-electron chi connectivity index (χ1n) is 14.1. The van der Waals surface area contributed by atoms with Crippen molar-refractivity contribution in [1.82, 2.24) is 5.32 Å². The maximum absolute atomic E-state index is 13.6. The number of nitrogens with two attached hydrogens (primary N) is 2. The Kier molecular flexibility index (Phi) is 13.6. The summed E-state index contributed by atoms with van der Waals surface area (Å²) in [5.74, 6) is -1.53. The van der Waals surface area contributed by atoms with Gasteiger partial charge in [0.2, 0.25) is 5.91 Å². The minimum atomic E-state index is -3.39. The van der Waals surface area contributed by atoms with E-state index in [-0.39, 0.29) is 42.2 Å². The molecular weight excluding hydrogens is 538 g/mol. The Bertz CT molecular complexity index is 1290. The number of amides is 1. The molecular formula is C32H45N3O5S. The molecule has 9 heteroatoms. The zero-order chi connectivity index (χ0) is 30.6. The van der Waals surface area contributed by atoms with E-state index in [1.165, 1.54) is 6.92 Å². The van der Waals surface area contributed by atoms with E-state index in [1.807, 2.05) is 62.4 Å². The number of benzene rings is 2. The number of hydrogen-bond donors (Lipinski definition) is 3. The van der Waals surface area contributed by atoms with Gasteiger partial charge in [0.1, 0.15) is 5.78 Å². The third-order valence-corrected chi connectivity index (χ3v) is 7.53. The largest absolute Gasteiger partial charge is 0.346 e. The summed E-state index contributed by atoms with van der Waals surface area (Å²) in [6, 6.07) is 14.5. The van der Waals surface area contributed by atoms with E-state index < -0.39 is 21.8 Å². The molecule has 0 aromatic heterocycles. The van der Waals surface area contributed by atoms with E-state index in [0.717, 1.165) is 33.9 Å². The van der Waals surface area contributed by atoms with Gasteiger partial charge in [-0.05, 0) is 60.3 Å². The van der Waals surface area contributed by atoms with E-state index in [4.69, 9.17) is 11.5 Å². The molecule has 2 aromatic rings. The van der Waals surface area contributed by atoms with Crippen molar-refractivity contribution in [2.45, 2.75) is 72.0 Å². The van der Waals surface area contributed by atoms with Crippen LogP contribution >= 0.6 is 0 Å². The summed E-state index contributed by atoms with van der Waals surface area (Å²) < 4.78 is 23.7. The highest BCUT2D eigenvalue weighted by Gasteiger charge is 2.28. The molecule has 5 N–H and O–H groups in total. The molecule has 224 valence electrons. The maximum Gasteiger partial charge on any atom is 0.224 e. The van der Waals surface area contributed by atoms with Crippen molar-refractivity contribution in [2.75, 3.05) is 6.26 Å². The van der Waals surface area contributed by atoms with Gasteiger partial charge in [0.25, 0.3) is 0 Å². The molecule has 0 spiro atoms. The summed E-state index contributed by atoms with van der Waals surface area (Å²) in [4.78, 5) is 39.1. The molecule has 0 saturated heterocycles. The summed E-state index contributed by atoms with van der Waals surface area (Å²) in [5.41, 5.74) is 15.2. The summed E-state index contributed by atoms with van der Waals surface area (Å²) in [7, 11) is -3.39. The van der Waals surface area contributed by atoms with Crippen molar-refractivity contribution in [2.24, 2.45) is 29.2 Å². The van der Waals surface area contributed by atoms with Gasteiger partial charge in [0, 0.05) is 43.5 Å². The Morgan fingerprint density at radius 2 is 1.32 bits per heavy atom. The molecule has 0 bridgehead atoms. The van der Waals surface area contributed by atoms with Crippen LogP contribution in [0.3, 0.4) is 0 Å². The minimum absolute atomic E-state index is 0.0558. The van der Waals surface area contributed by atoms with Crippen molar-refractivity contribution in [1.29, 1.82) is 0 Å². The van der Waals surface area contributed by atoms with Crippen LogP contribution in [-0.4, -0.2) is 38.2 Å². The van der Waals surface area contributed by atoms with Crippen molar-refractivity contribution in [3.05, 3.63) is 82.3 Å². The Balaban J connectivity index is 2.25. The van der Waals surface area contributed by atoms with E-state index in [0.29, 0.717) is 32.4 Å². The van der Waals surface area contributed by atoms with Crippen LogP contribution in [0.25, 0.3) is 0 Å². The first-order chi connectivity index (χ1) is 19.3. The van der Waals surface area contributed by atoms with Crippen LogP contribution in [0.2, 0.25) is 0 Å². The highest BCUT2D eigenvalue weighted by atomic mass is 32.2. The highest BCUT2D eigenvalue weighted by Crippen LogP contribution is 2.20. The molecule has 0 aliphatic heterocycles. The summed E-state index contributed by atoms with van der Waals surface area (Å²) in [6.07, 6.45) is 4.02. The van der Waals surface area contributed by atoms with Crippen LogP contribution in [0.4, 0.5) is 0 Å². The fraction of sp³-hybridized carbons (Fsp3) is 0.469. The van der Waals surface area contributed by atoms with Gasteiger partial charge >= 0.3 is 0 Å². The van der Waals surface area contributed by atoms with Gasteiger partial charge in [0.05, 0.1) is 6.04 Å². The van der Waals surface area contributed by atoms with Crippen LogP contribution in [-0.2, 0) is 50.2 Å². The van der Waals surface area contributed by atoms with Crippen molar-refractivity contribution >= 4 is 27.3 Å². The molecule has 3 atom stereocenters. The second-order valence-corrected chi connectivity index (χ2v) is 13.3. The van der Waals surface area contributed by atoms with Crippen LogP contribution in [0.5, 0.6) is 0 Å². The third-order valence-electron chi connectivity index (χ3n) is 6.88. The molecule has 0 heterocycles. The lowest BCUT2D eigenvalue weighted by molar-refractivity contribution is -0.132. The normalized spacial score (nSPS) is 14.1. The molecule has 0 fully saturated rings. The van der Waals surface area contributed by atoms with Crippen LogP contribution < -0.4 is 16.8 Å². The third kappa shape index (κ3) is 12.9. The number of carbonyl (C=O) groups is 3. The molecule has 8 nitrogen and oxygen atoms in total. The van der Waals surface area contributed by atoms with E-state index in [2.05, 4.69) is 5.32 Å². The number of ketones is 2. The minimum Gasteiger partial charge on any atom is -0.346 e. The molecule has 0 radical (unpaired) electrons. The number of nitrogens with one attached hydrogen (secondary N) is 1. The van der Waals surface area contributed by atoms with E-state index in [1.54, 1.807) is 6.08 Å². The lowest BCUT2D eigenvalue weighted by Crippen LogP contribution is -2.45. The van der Waals surface area contributed by atoms with E-state index in [9.17, 15) is 22.8 Å². The Morgan fingerprint density at radius 1 is 0.829 bits per heavy atom. The molecule has 0 aliphatic rings. The second kappa shape index (κ2) is 16.3. The Labute approximate surface area is 244 Å². The van der Waals surface area contributed by atoms with Gasteiger partial charge in [-0.3, -0.25) is 9.59 Å². The molecule has 0 aliphatic carbocycles. The van der Waals surface area contributed by atoms with Gasteiger partial charge < -0.3 is 21.6 Å². The molecule has 2 rings (SSSR count). The summed E-state index contributed by atoms with van der Waals surface area (Å²) in [6.45, 7) is 6.22. The van der Waals surface area contributed by atoms with Crippen LogP contribution in [0.15, 0.2) is 60.0 Å². The monoisotopic (exact) mass is 583 g/mol. The second-order valence-electron chi connectivity index (χ2n) is 11.3.